The zero-order valence-electron chi connectivity index (χ0n) is 13.8. The van der Waals surface area contributed by atoms with E-state index in [-0.39, 0.29) is 13.1 Å². The van der Waals surface area contributed by atoms with Gasteiger partial charge in [0.15, 0.2) is 12.2 Å². The number of likely N-dealkylation sites (N-methyl/N-ethyl adjacent to an activating group) is 1. The third kappa shape index (κ3) is 11.4. The molecule has 12 nitrogen and oxygen atoms in total. The van der Waals surface area contributed by atoms with Crippen molar-refractivity contribution in [1.82, 2.24) is 10.6 Å². The van der Waals surface area contributed by atoms with Crippen LogP contribution in [0.5, 0.6) is 0 Å². The summed E-state index contributed by atoms with van der Waals surface area (Å²) in [6.07, 6.45) is -2.36. The summed E-state index contributed by atoms with van der Waals surface area (Å²) in [5.41, 5.74) is 0. The number of carbonyl (C=O) groups is 2. The maximum absolute atomic E-state index is 12.1. The molecule has 0 radical (unpaired) electrons. The van der Waals surface area contributed by atoms with Gasteiger partial charge in [-0.1, -0.05) is 19.8 Å². The third-order valence-electron chi connectivity index (χ3n) is 2.72. The molecule has 2 amide bonds. The standard InChI is InChI=1S/C11H24N2O10P2/c1-3-5-6-7-13-11(15)9(23-25(19,20)21)8(10(14)12-4-2)22-24(16,17)18/h8-9H,3-7H2,1-2H3,(H,12,14)(H,13,15)(H2,16,17,18)(H2,19,20,21). The zero-order chi connectivity index (χ0) is 19.7. The van der Waals surface area contributed by atoms with Gasteiger partial charge in [-0.3, -0.25) is 18.6 Å². The lowest BCUT2D eigenvalue weighted by Crippen LogP contribution is -2.51. The minimum absolute atomic E-state index is 0.0145. The second kappa shape index (κ2) is 11.0. The molecule has 0 aromatic carbocycles. The summed E-state index contributed by atoms with van der Waals surface area (Å²) in [6, 6.07) is 0. The Morgan fingerprint density at radius 1 is 0.880 bits per heavy atom. The molecule has 14 heteroatoms. The van der Waals surface area contributed by atoms with Crippen molar-refractivity contribution in [2.24, 2.45) is 0 Å². The van der Waals surface area contributed by atoms with Crippen molar-refractivity contribution in [1.29, 1.82) is 0 Å². The molecule has 0 aliphatic heterocycles. The lowest BCUT2D eigenvalue weighted by molar-refractivity contribution is -0.144. The zero-order valence-corrected chi connectivity index (χ0v) is 15.6. The van der Waals surface area contributed by atoms with E-state index in [1.807, 2.05) is 6.92 Å². The van der Waals surface area contributed by atoms with Gasteiger partial charge in [0, 0.05) is 13.1 Å². The van der Waals surface area contributed by atoms with Gasteiger partial charge in [-0.05, 0) is 13.3 Å². The second-order valence-electron chi connectivity index (χ2n) is 4.93. The van der Waals surface area contributed by atoms with Crippen molar-refractivity contribution in [3.8, 4) is 0 Å². The minimum atomic E-state index is -5.27. The molecule has 0 aromatic rings. The number of phosphoric ester groups is 2. The monoisotopic (exact) mass is 406 g/mol. The van der Waals surface area contributed by atoms with E-state index in [1.54, 1.807) is 0 Å². The van der Waals surface area contributed by atoms with Gasteiger partial charge in [-0.2, -0.15) is 0 Å². The van der Waals surface area contributed by atoms with Crippen molar-refractivity contribution >= 4 is 27.5 Å². The van der Waals surface area contributed by atoms with Gasteiger partial charge in [0.05, 0.1) is 0 Å². The van der Waals surface area contributed by atoms with Gasteiger partial charge in [-0.25, -0.2) is 9.13 Å². The van der Waals surface area contributed by atoms with Gasteiger partial charge in [0.25, 0.3) is 11.8 Å². The van der Waals surface area contributed by atoms with E-state index >= 15 is 0 Å². The van der Waals surface area contributed by atoms with Crippen molar-refractivity contribution in [3.05, 3.63) is 0 Å². The predicted molar refractivity (Wildman–Crippen MR) is 85.1 cm³/mol. The highest BCUT2D eigenvalue weighted by atomic mass is 31.2. The molecular weight excluding hydrogens is 382 g/mol. The molecule has 0 fully saturated rings. The number of carbonyl (C=O) groups excluding carboxylic acids is 2. The quantitative estimate of drug-likeness (QED) is 0.180. The van der Waals surface area contributed by atoms with Crippen LogP contribution in [0.1, 0.15) is 33.1 Å². The summed E-state index contributed by atoms with van der Waals surface area (Å²) in [5, 5.41) is 4.43. The smallest absolute Gasteiger partial charge is 0.354 e. The van der Waals surface area contributed by atoms with E-state index in [2.05, 4.69) is 19.7 Å². The molecule has 148 valence electrons. The SMILES string of the molecule is CCCCCNC(=O)C(OP(=O)(O)O)C(OP(=O)(O)O)C(=O)NCC. The van der Waals surface area contributed by atoms with Crippen LogP contribution in [-0.2, 0) is 27.8 Å². The molecule has 25 heavy (non-hydrogen) atoms. The summed E-state index contributed by atoms with van der Waals surface area (Å²) in [5.74, 6) is -2.32. The molecule has 6 N–H and O–H groups in total. The predicted octanol–water partition coefficient (Wildman–Crippen LogP) is -0.615. The van der Waals surface area contributed by atoms with Gasteiger partial charge >= 0.3 is 15.6 Å². The lowest BCUT2D eigenvalue weighted by Gasteiger charge is -2.25. The van der Waals surface area contributed by atoms with Gasteiger partial charge in [-0.15, -0.1) is 0 Å². The lowest BCUT2D eigenvalue weighted by atomic mass is 10.1. The van der Waals surface area contributed by atoms with E-state index in [0.717, 1.165) is 12.8 Å². The number of amides is 2. The van der Waals surface area contributed by atoms with Crippen LogP contribution in [0.2, 0.25) is 0 Å². The van der Waals surface area contributed by atoms with Gasteiger partial charge < -0.3 is 30.2 Å². The summed E-state index contributed by atoms with van der Waals surface area (Å²) >= 11 is 0. The van der Waals surface area contributed by atoms with Crippen LogP contribution in [-0.4, -0.2) is 56.7 Å². The normalized spacial score (nSPS) is 14.6. The van der Waals surface area contributed by atoms with Crippen LogP contribution in [0, 0.1) is 0 Å². The van der Waals surface area contributed by atoms with E-state index in [4.69, 9.17) is 19.6 Å². The average Bonchev–Trinajstić information content (AvgIpc) is 2.45. The Hall–Kier alpha value is -0.840. The highest BCUT2D eigenvalue weighted by Gasteiger charge is 2.43. The maximum Gasteiger partial charge on any atom is 0.470 e. The Bertz CT molecular complexity index is 531. The number of phosphoric acid groups is 2. The summed E-state index contributed by atoms with van der Waals surface area (Å²) in [7, 11) is -10.5. The highest BCUT2D eigenvalue weighted by molar-refractivity contribution is 7.46. The first-order valence-corrected chi connectivity index (χ1v) is 10.5. The Balaban J connectivity index is 5.44. The average molecular weight is 406 g/mol. The number of unbranched alkanes of at least 4 members (excludes halogenated alkanes) is 2. The molecule has 0 aliphatic rings. The van der Waals surface area contributed by atoms with Crippen molar-refractivity contribution in [2.75, 3.05) is 13.1 Å². The molecule has 0 aliphatic carbocycles. The van der Waals surface area contributed by atoms with Gasteiger partial charge in [0.1, 0.15) is 0 Å². The van der Waals surface area contributed by atoms with Crippen LogP contribution >= 0.6 is 15.6 Å². The van der Waals surface area contributed by atoms with Crippen molar-refractivity contribution in [3.63, 3.8) is 0 Å². The van der Waals surface area contributed by atoms with Crippen LogP contribution < -0.4 is 10.6 Å². The molecule has 0 saturated carbocycles. The largest absolute Gasteiger partial charge is 0.470 e. The summed E-state index contributed by atoms with van der Waals surface area (Å²) in [6.45, 7) is 3.53. The minimum Gasteiger partial charge on any atom is -0.354 e. The topological polar surface area (TPSA) is 192 Å². The fourth-order valence-corrected chi connectivity index (χ4v) is 2.74. The van der Waals surface area contributed by atoms with Crippen molar-refractivity contribution < 1.29 is 47.3 Å². The fraction of sp³-hybridized carbons (Fsp3) is 0.818. The summed E-state index contributed by atoms with van der Waals surface area (Å²) < 4.78 is 30.6. The number of hydrogen-bond donors (Lipinski definition) is 6. The maximum atomic E-state index is 12.1. The fourth-order valence-electron chi connectivity index (χ4n) is 1.74. The van der Waals surface area contributed by atoms with E-state index in [1.165, 1.54) is 6.92 Å². The number of nitrogens with one attached hydrogen (secondary N) is 2. The Morgan fingerprint density at radius 3 is 1.68 bits per heavy atom. The highest BCUT2D eigenvalue weighted by Crippen LogP contribution is 2.43. The van der Waals surface area contributed by atoms with E-state index in [9.17, 15) is 18.7 Å². The Morgan fingerprint density at radius 2 is 1.32 bits per heavy atom. The number of rotatable bonds is 12. The third-order valence-corrected chi connectivity index (χ3v) is 3.73. The van der Waals surface area contributed by atoms with Crippen molar-refractivity contribution in [2.45, 2.75) is 45.3 Å². The number of hydrogen-bond acceptors (Lipinski definition) is 6. The molecule has 0 rings (SSSR count). The first-order valence-electron chi connectivity index (χ1n) is 7.44. The Labute approximate surface area is 144 Å². The second-order valence-corrected chi connectivity index (χ2v) is 7.31. The van der Waals surface area contributed by atoms with E-state index < -0.39 is 39.7 Å². The molecule has 0 heterocycles. The first-order chi connectivity index (χ1) is 11.4. The molecule has 0 bridgehead atoms. The van der Waals surface area contributed by atoms with Crippen LogP contribution in [0.15, 0.2) is 0 Å². The van der Waals surface area contributed by atoms with Gasteiger partial charge in [0.2, 0.25) is 0 Å². The van der Waals surface area contributed by atoms with Crippen LogP contribution in [0.4, 0.5) is 0 Å². The molecule has 2 unspecified atom stereocenters. The summed E-state index contributed by atoms with van der Waals surface area (Å²) in [4.78, 5) is 59.7. The van der Waals surface area contributed by atoms with Crippen LogP contribution in [0.25, 0.3) is 0 Å². The molecule has 0 aromatic heterocycles. The molecule has 2 atom stereocenters. The van der Waals surface area contributed by atoms with E-state index in [0.29, 0.717) is 6.42 Å². The molecule has 0 spiro atoms. The molecular formula is C11H24N2O10P2. The van der Waals surface area contributed by atoms with Crippen LogP contribution in [0.3, 0.4) is 0 Å². The first kappa shape index (κ1) is 24.2. The Kier molecular flexibility index (Phi) is 10.6. The molecule has 0 saturated heterocycles.